The molecule has 1 aliphatic heterocycles. The molecule has 3 heteroatoms. The van der Waals surface area contributed by atoms with Crippen molar-refractivity contribution in [2.45, 2.75) is 57.0 Å². The van der Waals surface area contributed by atoms with Crippen molar-refractivity contribution in [1.29, 1.82) is 0 Å². The van der Waals surface area contributed by atoms with Gasteiger partial charge >= 0.3 is 0 Å². The van der Waals surface area contributed by atoms with Crippen molar-refractivity contribution in [3.8, 4) is 0 Å². The molecule has 2 fully saturated rings. The Kier molecular flexibility index (Phi) is 4.36. The minimum atomic E-state index is 0.165. The van der Waals surface area contributed by atoms with E-state index in [1.165, 1.54) is 45.1 Å². The minimum Gasteiger partial charge on any atom is -0.322 e. The highest BCUT2D eigenvalue weighted by atomic mass is 16.2. The van der Waals surface area contributed by atoms with Crippen LogP contribution in [0, 0.1) is 0 Å². The number of para-hydroxylation sites is 1. The summed E-state index contributed by atoms with van der Waals surface area (Å²) in [5, 5.41) is 3.09. The van der Waals surface area contributed by atoms with Gasteiger partial charge in [-0.05, 0) is 37.8 Å². The smallest absolute Gasteiger partial charge is 0.282 e. The lowest BCUT2D eigenvalue weighted by atomic mass is 9.93. The van der Waals surface area contributed by atoms with E-state index in [0.29, 0.717) is 0 Å². The van der Waals surface area contributed by atoms with Crippen LogP contribution in [-0.4, -0.2) is 24.5 Å². The maximum Gasteiger partial charge on any atom is 0.282 e. The van der Waals surface area contributed by atoms with Gasteiger partial charge in [0.2, 0.25) is 0 Å². The van der Waals surface area contributed by atoms with Crippen molar-refractivity contribution in [3.63, 3.8) is 0 Å². The summed E-state index contributed by atoms with van der Waals surface area (Å²) in [6, 6.07) is 10.7. The molecular formula is C17H25N2O+. The quantitative estimate of drug-likeness (QED) is 0.868. The van der Waals surface area contributed by atoms with Gasteiger partial charge in [0.05, 0.1) is 12.6 Å². The second-order valence-electron chi connectivity index (χ2n) is 6.21. The fourth-order valence-electron chi connectivity index (χ4n) is 3.88. The standard InChI is InChI=1S/C17H24N2O/c20-17(18-14-8-3-1-4-9-14)16-12-7-13-19(16)15-10-5-2-6-11-15/h1,3-4,8-9,15-16H,2,5-7,10-13H2,(H,18,20)/p+1/t16-/m1/s1. The van der Waals surface area contributed by atoms with Gasteiger partial charge in [-0.1, -0.05) is 24.6 Å². The first-order valence-electron chi connectivity index (χ1n) is 8.06. The molecule has 1 amide bonds. The Balaban J connectivity index is 1.64. The Morgan fingerprint density at radius 2 is 1.75 bits per heavy atom. The monoisotopic (exact) mass is 273 g/mol. The normalized spacial score (nSPS) is 27.4. The van der Waals surface area contributed by atoms with Crippen molar-refractivity contribution < 1.29 is 9.69 Å². The molecule has 1 aliphatic carbocycles. The van der Waals surface area contributed by atoms with Crippen molar-refractivity contribution in [2.24, 2.45) is 0 Å². The lowest BCUT2D eigenvalue weighted by Gasteiger charge is -2.31. The molecule has 1 heterocycles. The van der Waals surface area contributed by atoms with E-state index in [1.54, 1.807) is 4.90 Å². The molecule has 3 rings (SSSR count). The van der Waals surface area contributed by atoms with Crippen LogP contribution in [0.4, 0.5) is 5.69 Å². The van der Waals surface area contributed by atoms with E-state index >= 15 is 0 Å². The second-order valence-corrected chi connectivity index (χ2v) is 6.21. The Bertz CT molecular complexity index is 440. The van der Waals surface area contributed by atoms with E-state index in [2.05, 4.69) is 5.32 Å². The average molecular weight is 273 g/mol. The third kappa shape index (κ3) is 3.04. The van der Waals surface area contributed by atoms with Crippen LogP contribution in [0.5, 0.6) is 0 Å². The number of hydrogen-bond acceptors (Lipinski definition) is 1. The van der Waals surface area contributed by atoms with Crippen molar-refractivity contribution in [3.05, 3.63) is 30.3 Å². The van der Waals surface area contributed by atoms with Gasteiger partial charge in [0, 0.05) is 18.5 Å². The summed E-state index contributed by atoms with van der Waals surface area (Å²) in [5.41, 5.74) is 0.924. The summed E-state index contributed by atoms with van der Waals surface area (Å²) < 4.78 is 0. The third-order valence-electron chi connectivity index (χ3n) is 4.89. The average Bonchev–Trinajstić information content (AvgIpc) is 2.99. The van der Waals surface area contributed by atoms with Crippen LogP contribution < -0.4 is 10.2 Å². The van der Waals surface area contributed by atoms with Gasteiger partial charge in [-0.15, -0.1) is 0 Å². The Morgan fingerprint density at radius 1 is 1.00 bits per heavy atom. The number of carbonyl (C=O) groups excluding carboxylic acids is 1. The van der Waals surface area contributed by atoms with Gasteiger partial charge < -0.3 is 10.2 Å². The van der Waals surface area contributed by atoms with Crippen LogP contribution >= 0.6 is 0 Å². The lowest BCUT2D eigenvalue weighted by Crippen LogP contribution is -3.18. The molecule has 1 unspecified atom stereocenters. The predicted molar refractivity (Wildman–Crippen MR) is 80.8 cm³/mol. The molecule has 108 valence electrons. The maximum atomic E-state index is 12.5. The van der Waals surface area contributed by atoms with Gasteiger partial charge in [-0.2, -0.15) is 0 Å². The van der Waals surface area contributed by atoms with E-state index in [9.17, 15) is 4.79 Å². The molecule has 1 saturated carbocycles. The van der Waals surface area contributed by atoms with Gasteiger partial charge in [0.15, 0.2) is 6.04 Å². The molecule has 2 atom stereocenters. The van der Waals surface area contributed by atoms with Crippen LogP contribution in [0.1, 0.15) is 44.9 Å². The number of rotatable bonds is 3. The second kappa shape index (κ2) is 6.40. The molecular weight excluding hydrogens is 248 g/mol. The maximum absolute atomic E-state index is 12.5. The number of benzene rings is 1. The number of carbonyl (C=O) groups is 1. The van der Waals surface area contributed by atoms with Crippen LogP contribution in [-0.2, 0) is 4.79 Å². The number of nitrogens with one attached hydrogen (secondary N) is 2. The SMILES string of the molecule is O=C(Nc1ccccc1)[C@H]1CCC[NH+]1C1CCCCC1. The van der Waals surface area contributed by atoms with E-state index in [-0.39, 0.29) is 11.9 Å². The summed E-state index contributed by atoms with van der Waals surface area (Å²) >= 11 is 0. The fraction of sp³-hybridized carbons (Fsp3) is 0.588. The first kappa shape index (κ1) is 13.6. The molecule has 0 radical (unpaired) electrons. The van der Waals surface area contributed by atoms with Gasteiger partial charge in [0.1, 0.15) is 0 Å². The number of quaternary nitrogens is 1. The zero-order valence-corrected chi connectivity index (χ0v) is 12.1. The van der Waals surface area contributed by atoms with Gasteiger partial charge in [-0.25, -0.2) is 0 Å². The molecule has 2 aliphatic rings. The topological polar surface area (TPSA) is 33.5 Å². The minimum absolute atomic E-state index is 0.165. The van der Waals surface area contributed by atoms with Crippen molar-refractivity contribution in [2.75, 3.05) is 11.9 Å². The summed E-state index contributed by atoms with van der Waals surface area (Å²) in [4.78, 5) is 14.1. The molecule has 3 nitrogen and oxygen atoms in total. The molecule has 2 N–H and O–H groups in total. The van der Waals surface area contributed by atoms with Crippen LogP contribution in [0.2, 0.25) is 0 Å². The van der Waals surface area contributed by atoms with E-state index < -0.39 is 0 Å². The van der Waals surface area contributed by atoms with Gasteiger partial charge in [0.25, 0.3) is 5.91 Å². The first-order valence-corrected chi connectivity index (χ1v) is 8.06. The lowest BCUT2D eigenvalue weighted by molar-refractivity contribution is -0.929. The molecule has 0 bridgehead atoms. The molecule has 1 aromatic carbocycles. The highest BCUT2D eigenvalue weighted by molar-refractivity contribution is 5.93. The predicted octanol–water partition coefficient (Wildman–Crippen LogP) is 2.01. The molecule has 1 aromatic rings. The first-order chi connectivity index (χ1) is 9.84. The van der Waals surface area contributed by atoms with Crippen molar-refractivity contribution >= 4 is 11.6 Å². The number of likely N-dealkylation sites (tertiary alicyclic amines) is 1. The van der Waals surface area contributed by atoms with E-state index in [0.717, 1.165) is 18.2 Å². The largest absolute Gasteiger partial charge is 0.322 e. The highest BCUT2D eigenvalue weighted by Crippen LogP contribution is 2.18. The highest BCUT2D eigenvalue weighted by Gasteiger charge is 2.39. The van der Waals surface area contributed by atoms with E-state index in [4.69, 9.17) is 0 Å². The number of hydrogen-bond donors (Lipinski definition) is 2. The zero-order valence-electron chi connectivity index (χ0n) is 12.1. The van der Waals surface area contributed by atoms with Crippen LogP contribution in [0.25, 0.3) is 0 Å². The number of anilines is 1. The van der Waals surface area contributed by atoms with Crippen LogP contribution in [0.15, 0.2) is 30.3 Å². The molecule has 0 aromatic heterocycles. The number of amides is 1. The molecule has 20 heavy (non-hydrogen) atoms. The summed E-state index contributed by atoms with van der Waals surface area (Å²) in [6.45, 7) is 1.18. The fourth-order valence-corrected chi connectivity index (χ4v) is 3.88. The zero-order chi connectivity index (χ0) is 13.8. The summed E-state index contributed by atoms with van der Waals surface area (Å²) in [7, 11) is 0. The third-order valence-corrected chi connectivity index (χ3v) is 4.89. The molecule has 1 saturated heterocycles. The Morgan fingerprint density at radius 3 is 2.50 bits per heavy atom. The van der Waals surface area contributed by atoms with Crippen LogP contribution in [0.3, 0.4) is 0 Å². The Labute approximate surface area is 121 Å². The van der Waals surface area contributed by atoms with Gasteiger partial charge in [-0.3, -0.25) is 4.79 Å². The van der Waals surface area contributed by atoms with E-state index in [1.807, 2.05) is 30.3 Å². The summed E-state index contributed by atoms with van der Waals surface area (Å²) in [5.74, 6) is 0.217. The molecule has 0 spiro atoms. The van der Waals surface area contributed by atoms with Crippen molar-refractivity contribution in [1.82, 2.24) is 0 Å². The summed E-state index contributed by atoms with van der Waals surface area (Å²) in [6.07, 6.45) is 8.94. The Hall–Kier alpha value is -1.35.